The molecule has 0 bridgehead atoms. The summed E-state index contributed by atoms with van der Waals surface area (Å²) in [5.74, 6) is 0.256. The lowest BCUT2D eigenvalue weighted by molar-refractivity contribution is -0.772. The average molecular weight is 457 g/mol. The van der Waals surface area contributed by atoms with Gasteiger partial charge in [-0.15, -0.1) is 11.3 Å². The summed E-state index contributed by atoms with van der Waals surface area (Å²) >= 11 is 2.74. The third kappa shape index (κ3) is 4.90. The van der Waals surface area contributed by atoms with Gasteiger partial charge in [0.1, 0.15) is 11.1 Å². The lowest BCUT2D eigenvalue weighted by Gasteiger charge is -2.26. The van der Waals surface area contributed by atoms with Crippen LogP contribution in [0.2, 0.25) is 0 Å². The van der Waals surface area contributed by atoms with Crippen LogP contribution < -0.4 is 15.6 Å². The molecule has 2 N–H and O–H groups in total. The predicted molar refractivity (Wildman–Crippen MR) is 118 cm³/mol. The summed E-state index contributed by atoms with van der Waals surface area (Å²) in [6, 6.07) is 12.6. The number of nitrogens with zero attached hydrogens (tertiary/aromatic N) is 3. The maximum absolute atomic E-state index is 12.4. The highest BCUT2D eigenvalue weighted by Gasteiger charge is 2.25. The molecule has 1 aliphatic rings. The highest BCUT2D eigenvalue weighted by Crippen LogP contribution is 2.37. The molecule has 0 fully saturated rings. The zero-order valence-electron chi connectivity index (χ0n) is 17.0. The summed E-state index contributed by atoms with van der Waals surface area (Å²) in [5.41, 5.74) is 2.45. The first kappa shape index (κ1) is 21.4. The number of aromatic nitrogens is 2. The molecule has 160 valence electrons. The van der Waals surface area contributed by atoms with Crippen LogP contribution in [-0.2, 0) is 31.4 Å². The minimum atomic E-state index is -0.453. The van der Waals surface area contributed by atoms with E-state index in [0.29, 0.717) is 21.3 Å². The second-order valence-corrected chi connectivity index (χ2v) is 9.45. The Morgan fingerprint density at radius 1 is 1.42 bits per heavy atom. The highest BCUT2D eigenvalue weighted by atomic mass is 32.2. The first-order valence-corrected chi connectivity index (χ1v) is 11.7. The molecule has 1 aromatic carbocycles. The van der Waals surface area contributed by atoms with E-state index >= 15 is 0 Å². The molecule has 0 saturated heterocycles. The topological polar surface area (TPSA) is 106 Å². The van der Waals surface area contributed by atoms with Gasteiger partial charge in [-0.3, -0.25) is 14.2 Å². The fraction of sp³-hybridized carbons (Fsp3) is 0.333. The van der Waals surface area contributed by atoms with Crippen LogP contribution in [0.1, 0.15) is 28.0 Å². The van der Waals surface area contributed by atoms with E-state index in [1.165, 1.54) is 33.3 Å². The first-order chi connectivity index (χ1) is 15.0. The summed E-state index contributed by atoms with van der Waals surface area (Å²) in [6.07, 6.45) is 1.02. The van der Waals surface area contributed by atoms with Crippen molar-refractivity contribution >= 4 is 34.0 Å². The summed E-state index contributed by atoms with van der Waals surface area (Å²) in [6.45, 7) is 2.52. The van der Waals surface area contributed by atoms with Crippen molar-refractivity contribution in [3.05, 3.63) is 62.3 Å². The van der Waals surface area contributed by atoms with E-state index in [-0.39, 0.29) is 12.3 Å². The number of aryl methyl sites for hydroxylation is 1. The number of carbonyl (C=O) groups excluding carboxylic acids is 1. The van der Waals surface area contributed by atoms with Crippen LogP contribution in [0, 0.1) is 11.3 Å². The number of hydrogen-bond donors (Lipinski definition) is 2. The van der Waals surface area contributed by atoms with Crippen LogP contribution in [0.3, 0.4) is 0 Å². The number of benzene rings is 1. The van der Waals surface area contributed by atoms with E-state index in [4.69, 9.17) is 4.52 Å². The summed E-state index contributed by atoms with van der Waals surface area (Å²) in [5, 5.41) is 16.1. The number of nitriles is 1. The number of anilines is 1. The molecule has 1 aliphatic heterocycles. The number of nitrogens with one attached hydrogen (secondary N) is 2. The lowest BCUT2D eigenvalue weighted by atomic mass is 10.0. The number of thioether (sulfide) groups is 1. The molecule has 0 spiro atoms. The van der Waals surface area contributed by atoms with Crippen LogP contribution in [0.15, 0.2) is 44.7 Å². The van der Waals surface area contributed by atoms with E-state index in [1.54, 1.807) is 7.05 Å². The fourth-order valence-electron chi connectivity index (χ4n) is 3.56. The van der Waals surface area contributed by atoms with Crippen LogP contribution in [0.5, 0.6) is 0 Å². The molecule has 3 aromatic rings. The standard InChI is InChI=1S/C21H21N5O3S2/c1-25-20(21(28)29-24-25)30-10-8-18(27)23-19-16(11-22)15-7-9-26(13-17(15)31-19)12-14-5-3-2-4-6-14/h2-6H,7-10,12-13H2,1H3,(H-,23,24,27,28)/p+1. The molecule has 2 aromatic heterocycles. The van der Waals surface area contributed by atoms with E-state index in [2.05, 4.69) is 33.7 Å². The average Bonchev–Trinajstić information content (AvgIpc) is 3.27. The van der Waals surface area contributed by atoms with Gasteiger partial charge in [0.15, 0.2) is 7.05 Å². The Morgan fingerprint density at radius 2 is 2.23 bits per heavy atom. The number of aromatic amines is 1. The Balaban J connectivity index is 1.38. The minimum absolute atomic E-state index is 0.175. The number of rotatable bonds is 7. The largest absolute Gasteiger partial charge is 0.441 e. The van der Waals surface area contributed by atoms with Crippen molar-refractivity contribution in [1.29, 1.82) is 5.26 Å². The number of carbonyl (C=O) groups is 1. The van der Waals surface area contributed by atoms with Crippen LogP contribution in [0.4, 0.5) is 5.00 Å². The van der Waals surface area contributed by atoms with Gasteiger partial charge in [0, 0.05) is 36.7 Å². The van der Waals surface area contributed by atoms with Crippen molar-refractivity contribution in [3.8, 4) is 6.07 Å². The third-order valence-electron chi connectivity index (χ3n) is 5.07. The van der Waals surface area contributed by atoms with Crippen molar-refractivity contribution in [2.45, 2.75) is 31.0 Å². The van der Waals surface area contributed by atoms with Gasteiger partial charge in [0.25, 0.3) is 0 Å². The number of H-pyrrole nitrogens is 1. The normalized spacial score (nSPS) is 13.5. The lowest BCUT2D eigenvalue weighted by Crippen LogP contribution is -2.33. The SMILES string of the molecule is C[n+]1[nH]oc(=O)c1SCCC(=O)Nc1sc2c(c1C#N)CCN(Cc1ccccc1)C2. The zero-order valence-corrected chi connectivity index (χ0v) is 18.6. The van der Waals surface area contributed by atoms with Crippen molar-refractivity contribution in [2.75, 3.05) is 17.6 Å². The molecule has 10 heteroatoms. The van der Waals surface area contributed by atoms with Gasteiger partial charge < -0.3 is 5.32 Å². The molecule has 0 atom stereocenters. The number of thiophene rings is 1. The van der Waals surface area contributed by atoms with Crippen molar-refractivity contribution < 1.29 is 14.0 Å². The smallest absolute Gasteiger partial charge is 0.317 e. The molecule has 8 nitrogen and oxygen atoms in total. The second kappa shape index (κ2) is 9.51. The molecular weight excluding hydrogens is 434 g/mol. The molecule has 0 aliphatic carbocycles. The summed E-state index contributed by atoms with van der Waals surface area (Å²) < 4.78 is 6.17. The quantitative estimate of drug-likeness (QED) is 0.418. The number of hydrogen-bond acceptors (Lipinski definition) is 7. The molecule has 3 heterocycles. The van der Waals surface area contributed by atoms with Gasteiger partial charge in [0.05, 0.1) is 5.56 Å². The molecule has 1 amide bonds. The monoisotopic (exact) mass is 456 g/mol. The van der Waals surface area contributed by atoms with Crippen LogP contribution >= 0.6 is 23.1 Å². The van der Waals surface area contributed by atoms with Crippen LogP contribution in [0.25, 0.3) is 0 Å². The van der Waals surface area contributed by atoms with E-state index in [9.17, 15) is 14.9 Å². The first-order valence-electron chi connectivity index (χ1n) is 9.86. The number of amides is 1. The summed E-state index contributed by atoms with van der Waals surface area (Å²) in [4.78, 5) is 27.5. The van der Waals surface area contributed by atoms with Gasteiger partial charge in [-0.1, -0.05) is 35.0 Å². The van der Waals surface area contributed by atoms with E-state index in [1.807, 2.05) is 18.2 Å². The Bertz CT molecular complexity index is 1180. The van der Waals surface area contributed by atoms with Gasteiger partial charge in [-0.2, -0.15) is 5.26 Å². The Hall–Kier alpha value is -2.87. The number of fused-ring (bicyclic) bond motifs is 1. The summed E-state index contributed by atoms with van der Waals surface area (Å²) in [7, 11) is 1.67. The Labute approximate surface area is 187 Å². The molecule has 0 radical (unpaired) electrons. The van der Waals surface area contributed by atoms with Gasteiger partial charge in [-0.05, 0) is 34.6 Å². The van der Waals surface area contributed by atoms with Crippen LogP contribution in [-0.4, -0.2) is 28.4 Å². The second-order valence-electron chi connectivity index (χ2n) is 7.26. The molecule has 0 saturated carbocycles. The highest BCUT2D eigenvalue weighted by molar-refractivity contribution is 7.99. The third-order valence-corrected chi connectivity index (χ3v) is 7.33. The van der Waals surface area contributed by atoms with Crippen molar-refractivity contribution in [1.82, 2.24) is 10.2 Å². The van der Waals surface area contributed by atoms with Gasteiger partial charge in [0.2, 0.25) is 5.91 Å². The molecule has 31 heavy (non-hydrogen) atoms. The van der Waals surface area contributed by atoms with E-state index in [0.717, 1.165) is 36.5 Å². The van der Waals surface area contributed by atoms with Gasteiger partial charge in [-0.25, -0.2) is 4.79 Å². The Kier molecular flexibility index (Phi) is 6.56. The fourth-order valence-corrected chi connectivity index (χ4v) is 5.68. The van der Waals surface area contributed by atoms with Gasteiger partial charge >= 0.3 is 10.7 Å². The minimum Gasteiger partial charge on any atom is -0.317 e. The molecular formula is C21H22N5O3S2+. The maximum atomic E-state index is 12.4. The van der Waals surface area contributed by atoms with Crippen molar-refractivity contribution in [2.24, 2.45) is 7.05 Å². The van der Waals surface area contributed by atoms with E-state index < -0.39 is 5.63 Å². The maximum Gasteiger partial charge on any atom is 0.441 e. The van der Waals surface area contributed by atoms with Crippen molar-refractivity contribution in [3.63, 3.8) is 0 Å². The zero-order chi connectivity index (χ0) is 21.8. The Morgan fingerprint density at radius 3 is 2.94 bits per heavy atom. The predicted octanol–water partition coefficient (Wildman–Crippen LogP) is 2.40. The molecule has 0 unspecified atom stereocenters. The molecule has 4 rings (SSSR count).